The molecule has 1 N–H and O–H groups in total. The van der Waals surface area contributed by atoms with Crippen LogP contribution < -0.4 is 0 Å². The quantitative estimate of drug-likeness (QED) is 0.549. The molecule has 0 aromatic heterocycles. The van der Waals surface area contributed by atoms with Gasteiger partial charge in [-0.25, -0.2) is 0 Å². The minimum absolute atomic E-state index is 0.173. The van der Waals surface area contributed by atoms with Crippen LogP contribution in [0.5, 0.6) is 0 Å². The van der Waals surface area contributed by atoms with E-state index in [1.54, 1.807) is 7.11 Å². The van der Waals surface area contributed by atoms with Crippen LogP contribution in [-0.4, -0.2) is 36.9 Å². The topological polar surface area (TPSA) is 72.8 Å². The Balaban J connectivity index is 1.60. The maximum absolute atomic E-state index is 12.3. The minimum atomic E-state index is -0.679. The van der Waals surface area contributed by atoms with Crippen molar-refractivity contribution in [3.8, 4) is 0 Å². The monoisotopic (exact) mass is 434 g/mol. The van der Waals surface area contributed by atoms with Gasteiger partial charge in [0.25, 0.3) is 0 Å². The van der Waals surface area contributed by atoms with E-state index in [1.165, 1.54) is 25.7 Å². The van der Waals surface area contributed by atoms with E-state index >= 15 is 0 Å². The van der Waals surface area contributed by atoms with Gasteiger partial charge < -0.3 is 14.6 Å². The van der Waals surface area contributed by atoms with Crippen molar-refractivity contribution in [3.63, 3.8) is 0 Å². The molecule has 4 aliphatic rings. The molecule has 9 atom stereocenters. The maximum Gasteiger partial charge on any atom is 0.303 e. The summed E-state index contributed by atoms with van der Waals surface area (Å²) in [6.07, 6.45) is 9.61. The molecule has 176 valence electrons. The zero-order chi connectivity index (χ0) is 22.4. The molecule has 4 saturated carbocycles. The Hall–Kier alpha value is -0.940. The number of carbonyl (C=O) groups excluding carboxylic acids is 1. The van der Waals surface area contributed by atoms with Gasteiger partial charge in [-0.3, -0.25) is 9.59 Å². The molecule has 5 nitrogen and oxygen atoms in total. The highest BCUT2D eigenvalue weighted by Gasteiger charge is 2.63. The SMILES string of the molecule is COCO[C@@H]1C[C@@H]2CC(=O)CC[C@]2(C)[C@H]2CC[C@]3(C)[C@@H]([C@H](C)CCC(=O)O)CC[C@H]3[C@H]12. The van der Waals surface area contributed by atoms with Gasteiger partial charge in [-0.2, -0.15) is 0 Å². The Morgan fingerprint density at radius 2 is 1.90 bits per heavy atom. The standard InChI is InChI=1S/C26H42O5/c1-16(5-8-23(28)29)19-6-7-20-24-21(10-12-26(19,20)3)25(2)11-9-18(27)13-17(25)14-22(24)31-15-30-4/h16-17,19-22,24H,5-15H2,1-4H3,(H,28,29)/t16-,17+,19-,20+,21+,22-,24+,25+,26-/m1/s1. The predicted molar refractivity (Wildman–Crippen MR) is 118 cm³/mol. The van der Waals surface area contributed by atoms with E-state index in [-0.39, 0.29) is 23.4 Å². The number of methoxy groups -OCH3 is 1. The highest BCUT2D eigenvalue weighted by molar-refractivity contribution is 5.79. The smallest absolute Gasteiger partial charge is 0.303 e. The molecular weight excluding hydrogens is 392 g/mol. The molecule has 0 amide bonds. The number of aliphatic carboxylic acids is 1. The van der Waals surface area contributed by atoms with E-state index in [9.17, 15) is 14.7 Å². The first-order chi connectivity index (χ1) is 14.7. The van der Waals surface area contributed by atoms with Gasteiger partial charge in [-0.15, -0.1) is 0 Å². The summed E-state index contributed by atoms with van der Waals surface area (Å²) in [4.78, 5) is 23.4. The Labute approximate surface area is 187 Å². The van der Waals surface area contributed by atoms with Gasteiger partial charge in [-0.1, -0.05) is 20.8 Å². The lowest BCUT2D eigenvalue weighted by atomic mass is 9.43. The summed E-state index contributed by atoms with van der Waals surface area (Å²) in [7, 11) is 1.69. The first-order valence-corrected chi connectivity index (χ1v) is 12.5. The second kappa shape index (κ2) is 8.78. The van der Waals surface area contributed by atoms with Crippen LogP contribution in [-0.2, 0) is 19.1 Å². The third kappa shape index (κ3) is 3.99. The van der Waals surface area contributed by atoms with Gasteiger partial charge >= 0.3 is 5.97 Å². The van der Waals surface area contributed by atoms with Crippen LogP contribution in [0.4, 0.5) is 0 Å². The lowest BCUT2D eigenvalue weighted by molar-refractivity contribution is -0.201. The molecule has 31 heavy (non-hydrogen) atoms. The van der Waals surface area contributed by atoms with E-state index < -0.39 is 5.97 Å². The van der Waals surface area contributed by atoms with Crippen LogP contribution in [0.2, 0.25) is 0 Å². The number of rotatable bonds is 7. The van der Waals surface area contributed by atoms with Crippen molar-refractivity contribution in [2.24, 2.45) is 46.3 Å². The number of carboxylic acids is 1. The van der Waals surface area contributed by atoms with Crippen molar-refractivity contribution in [3.05, 3.63) is 0 Å². The molecule has 4 aliphatic carbocycles. The highest BCUT2D eigenvalue weighted by atomic mass is 16.7. The predicted octanol–water partition coefficient (Wildman–Crippen LogP) is 5.31. The van der Waals surface area contributed by atoms with Gasteiger partial charge in [-0.05, 0) is 91.3 Å². The number of hydrogen-bond acceptors (Lipinski definition) is 4. The van der Waals surface area contributed by atoms with Crippen molar-refractivity contribution >= 4 is 11.8 Å². The summed E-state index contributed by atoms with van der Waals surface area (Å²) in [6.45, 7) is 7.57. The Morgan fingerprint density at radius 1 is 1.16 bits per heavy atom. The van der Waals surface area contributed by atoms with Crippen molar-refractivity contribution in [2.45, 2.75) is 91.1 Å². The fourth-order valence-electron chi connectivity index (χ4n) is 8.85. The third-order valence-corrected chi connectivity index (χ3v) is 10.4. The normalized spacial score (nSPS) is 45.5. The summed E-state index contributed by atoms with van der Waals surface area (Å²) < 4.78 is 11.7. The van der Waals surface area contributed by atoms with Crippen LogP contribution in [0.1, 0.15) is 85.0 Å². The number of ether oxygens (including phenoxy) is 2. The molecule has 5 heteroatoms. The largest absolute Gasteiger partial charge is 0.481 e. The van der Waals surface area contributed by atoms with Gasteiger partial charge in [0, 0.05) is 26.4 Å². The van der Waals surface area contributed by atoms with Crippen molar-refractivity contribution in [1.82, 2.24) is 0 Å². The molecule has 0 spiro atoms. The van der Waals surface area contributed by atoms with Crippen LogP contribution in [0.25, 0.3) is 0 Å². The van der Waals surface area contributed by atoms with Gasteiger partial charge in [0.1, 0.15) is 12.6 Å². The molecule has 0 heterocycles. The van der Waals surface area contributed by atoms with Crippen LogP contribution >= 0.6 is 0 Å². The van der Waals surface area contributed by atoms with Crippen molar-refractivity contribution in [1.29, 1.82) is 0 Å². The number of fused-ring (bicyclic) bond motifs is 5. The third-order valence-electron chi connectivity index (χ3n) is 10.4. The summed E-state index contributed by atoms with van der Waals surface area (Å²) in [5.41, 5.74) is 0.515. The number of carbonyl (C=O) groups is 2. The zero-order valence-corrected chi connectivity index (χ0v) is 19.9. The summed E-state index contributed by atoms with van der Waals surface area (Å²) >= 11 is 0. The molecule has 0 radical (unpaired) electrons. The first kappa shape index (κ1) is 23.2. The molecule has 0 bridgehead atoms. The average Bonchev–Trinajstić information content (AvgIpc) is 3.08. The second-order valence-electron chi connectivity index (χ2n) is 11.7. The number of carboxylic acid groups (broad SMARTS) is 1. The van der Waals surface area contributed by atoms with Gasteiger partial charge in [0.2, 0.25) is 0 Å². The summed E-state index contributed by atoms with van der Waals surface area (Å²) in [6, 6.07) is 0. The highest BCUT2D eigenvalue weighted by Crippen LogP contribution is 2.68. The Morgan fingerprint density at radius 3 is 2.61 bits per heavy atom. The second-order valence-corrected chi connectivity index (χ2v) is 11.7. The van der Waals surface area contributed by atoms with E-state index in [1.807, 2.05) is 0 Å². The first-order valence-electron chi connectivity index (χ1n) is 12.5. The maximum atomic E-state index is 12.3. The Kier molecular flexibility index (Phi) is 6.58. The lowest BCUT2D eigenvalue weighted by Crippen LogP contribution is -2.59. The molecule has 4 fully saturated rings. The fraction of sp³-hybridized carbons (Fsp3) is 0.923. The van der Waals surface area contributed by atoms with Crippen molar-refractivity contribution < 1.29 is 24.2 Å². The lowest BCUT2D eigenvalue weighted by Gasteiger charge is -2.62. The summed E-state index contributed by atoms with van der Waals surface area (Å²) in [5, 5.41) is 9.18. The van der Waals surface area contributed by atoms with E-state index in [0.29, 0.717) is 48.1 Å². The van der Waals surface area contributed by atoms with Gasteiger partial charge in [0.05, 0.1) is 6.10 Å². The molecule has 4 rings (SSSR count). The number of hydrogen-bond donors (Lipinski definition) is 1. The number of ketones is 1. The van der Waals surface area contributed by atoms with E-state index in [2.05, 4.69) is 20.8 Å². The molecule has 0 aromatic rings. The van der Waals surface area contributed by atoms with Crippen LogP contribution in [0.3, 0.4) is 0 Å². The van der Waals surface area contributed by atoms with Crippen LogP contribution in [0, 0.1) is 46.3 Å². The molecular formula is C26H42O5. The minimum Gasteiger partial charge on any atom is -0.481 e. The average molecular weight is 435 g/mol. The van der Waals surface area contributed by atoms with E-state index in [4.69, 9.17) is 9.47 Å². The van der Waals surface area contributed by atoms with Crippen LogP contribution in [0.15, 0.2) is 0 Å². The molecule has 0 aromatic carbocycles. The number of Topliss-reactive ketones (excluding diaryl/α,β-unsaturated/α-hetero) is 1. The molecule has 0 saturated heterocycles. The Bertz CT molecular complexity index is 691. The van der Waals surface area contributed by atoms with Crippen molar-refractivity contribution in [2.75, 3.05) is 13.9 Å². The zero-order valence-electron chi connectivity index (χ0n) is 19.9. The molecule has 0 aliphatic heterocycles. The van der Waals surface area contributed by atoms with Gasteiger partial charge in [0.15, 0.2) is 0 Å². The summed E-state index contributed by atoms with van der Waals surface area (Å²) in [5.74, 6) is 3.00. The molecule has 0 unspecified atom stereocenters. The fourth-order valence-corrected chi connectivity index (χ4v) is 8.85. The van der Waals surface area contributed by atoms with E-state index in [0.717, 1.165) is 32.1 Å².